The average Bonchev–Trinajstić information content (AvgIpc) is 2.46. The molecule has 0 radical (unpaired) electrons. The maximum Gasteiger partial charge on any atom is 0.00674 e. The Morgan fingerprint density at radius 2 is 2.17 bits per heavy atom. The average molecular weight is 187 g/mol. The van der Waals surface area contributed by atoms with Gasteiger partial charge in [-0.25, -0.2) is 0 Å². The van der Waals surface area contributed by atoms with Crippen molar-refractivity contribution in [3.8, 4) is 0 Å². The van der Waals surface area contributed by atoms with Gasteiger partial charge in [0.1, 0.15) is 0 Å². The zero-order valence-corrected chi connectivity index (χ0v) is 8.91. The van der Waals surface area contributed by atoms with Crippen LogP contribution in [0.3, 0.4) is 0 Å². The summed E-state index contributed by atoms with van der Waals surface area (Å²) in [5.74, 6) is 3.49. The first-order valence-corrected chi connectivity index (χ1v) is 6.33. The van der Waals surface area contributed by atoms with Gasteiger partial charge < -0.3 is 5.73 Å². The molecule has 0 saturated heterocycles. The third kappa shape index (κ3) is 3.36. The first-order chi connectivity index (χ1) is 5.84. The quantitative estimate of drug-likeness (QED) is 0.670. The largest absolute Gasteiger partial charge is 0.327 e. The fourth-order valence-corrected chi connectivity index (χ4v) is 2.87. The summed E-state index contributed by atoms with van der Waals surface area (Å²) in [5, 5.41) is 0. The Kier molecular flexibility index (Phi) is 5.08. The highest BCUT2D eigenvalue weighted by molar-refractivity contribution is 7.99. The standard InChI is InChI=1S/C10H21NS/c1-2-7-12-8-6-9-4-3-5-10(9)11/h9-10H,2-8,11H2,1H3. The summed E-state index contributed by atoms with van der Waals surface area (Å²) >= 11 is 2.09. The summed E-state index contributed by atoms with van der Waals surface area (Å²) in [6.45, 7) is 2.24. The molecule has 1 nitrogen and oxygen atoms in total. The van der Waals surface area contributed by atoms with Gasteiger partial charge in [-0.2, -0.15) is 11.8 Å². The highest BCUT2D eigenvalue weighted by Crippen LogP contribution is 2.27. The summed E-state index contributed by atoms with van der Waals surface area (Å²) in [6.07, 6.45) is 6.68. The van der Waals surface area contributed by atoms with Gasteiger partial charge in [-0.3, -0.25) is 0 Å². The van der Waals surface area contributed by atoms with Crippen LogP contribution >= 0.6 is 11.8 Å². The van der Waals surface area contributed by atoms with Crippen LogP contribution in [-0.2, 0) is 0 Å². The lowest BCUT2D eigenvalue weighted by Crippen LogP contribution is -2.24. The van der Waals surface area contributed by atoms with Gasteiger partial charge in [0.2, 0.25) is 0 Å². The Balaban J connectivity index is 1.98. The van der Waals surface area contributed by atoms with Gasteiger partial charge in [-0.1, -0.05) is 13.3 Å². The Morgan fingerprint density at radius 1 is 1.33 bits per heavy atom. The molecule has 0 amide bonds. The second kappa shape index (κ2) is 5.87. The fourth-order valence-electron chi connectivity index (χ4n) is 1.91. The van der Waals surface area contributed by atoms with E-state index in [2.05, 4.69) is 18.7 Å². The summed E-state index contributed by atoms with van der Waals surface area (Å²) in [4.78, 5) is 0. The van der Waals surface area contributed by atoms with Crippen molar-refractivity contribution in [3.05, 3.63) is 0 Å². The predicted molar refractivity (Wildman–Crippen MR) is 57.5 cm³/mol. The molecule has 2 heteroatoms. The first-order valence-electron chi connectivity index (χ1n) is 5.18. The van der Waals surface area contributed by atoms with Crippen molar-refractivity contribution in [2.24, 2.45) is 11.7 Å². The lowest BCUT2D eigenvalue weighted by molar-refractivity contribution is 0.470. The van der Waals surface area contributed by atoms with Crippen molar-refractivity contribution < 1.29 is 0 Å². The van der Waals surface area contributed by atoms with E-state index in [9.17, 15) is 0 Å². The molecule has 12 heavy (non-hydrogen) atoms. The third-order valence-corrected chi connectivity index (χ3v) is 3.92. The summed E-state index contributed by atoms with van der Waals surface area (Å²) < 4.78 is 0. The van der Waals surface area contributed by atoms with Crippen LogP contribution in [0.4, 0.5) is 0 Å². The van der Waals surface area contributed by atoms with E-state index in [0.29, 0.717) is 6.04 Å². The van der Waals surface area contributed by atoms with Crippen LogP contribution in [0.5, 0.6) is 0 Å². The Morgan fingerprint density at radius 3 is 2.75 bits per heavy atom. The third-order valence-electron chi connectivity index (χ3n) is 2.70. The van der Waals surface area contributed by atoms with Gasteiger partial charge in [-0.15, -0.1) is 0 Å². The smallest absolute Gasteiger partial charge is 0.00674 e. The number of hydrogen-bond acceptors (Lipinski definition) is 2. The van der Waals surface area contributed by atoms with Crippen LogP contribution in [0.15, 0.2) is 0 Å². The SMILES string of the molecule is CCCSCCC1CCCC1N. The molecule has 0 aromatic rings. The molecule has 2 unspecified atom stereocenters. The van der Waals surface area contributed by atoms with Gasteiger partial charge in [0.25, 0.3) is 0 Å². The summed E-state index contributed by atoms with van der Waals surface area (Å²) in [7, 11) is 0. The van der Waals surface area contributed by atoms with Crippen molar-refractivity contribution in [3.63, 3.8) is 0 Å². The zero-order valence-electron chi connectivity index (χ0n) is 8.09. The molecule has 0 aromatic carbocycles. The van der Waals surface area contributed by atoms with Gasteiger partial charge in [0.15, 0.2) is 0 Å². The second-order valence-electron chi connectivity index (χ2n) is 3.76. The highest BCUT2D eigenvalue weighted by atomic mass is 32.2. The first kappa shape index (κ1) is 10.4. The molecule has 1 rings (SSSR count). The fraction of sp³-hybridized carbons (Fsp3) is 1.00. The molecule has 2 atom stereocenters. The van der Waals surface area contributed by atoms with Crippen molar-refractivity contribution in [2.45, 2.75) is 45.1 Å². The molecule has 1 saturated carbocycles. The van der Waals surface area contributed by atoms with Crippen LogP contribution < -0.4 is 5.73 Å². The van der Waals surface area contributed by atoms with E-state index in [-0.39, 0.29) is 0 Å². The molecule has 1 aliphatic carbocycles. The molecule has 0 bridgehead atoms. The number of hydrogen-bond donors (Lipinski definition) is 1. The second-order valence-corrected chi connectivity index (χ2v) is 4.98. The minimum atomic E-state index is 0.521. The molecule has 0 aromatic heterocycles. The van der Waals surface area contributed by atoms with E-state index in [1.807, 2.05) is 0 Å². The van der Waals surface area contributed by atoms with Crippen LogP contribution in [0.1, 0.15) is 39.0 Å². The number of nitrogens with two attached hydrogens (primary N) is 1. The van der Waals surface area contributed by atoms with Crippen LogP contribution in [-0.4, -0.2) is 17.5 Å². The normalized spacial score (nSPS) is 29.5. The van der Waals surface area contributed by atoms with Crippen molar-refractivity contribution in [1.29, 1.82) is 0 Å². The Bertz CT molecular complexity index is 116. The van der Waals surface area contributed by atoms with E-state index in [1.165, 1.54) is 43.6 Å². The van der Waals surface area contributed by atoms with Crippen molar-refractivity contribution in [1.82, 2.24) is 0 Å². The van der Waals surface area contributed by atoms with Gasteiger partial charge in [0.05, 0.1) is 0 Å². The monoisotopic (exact) mass is 187 g/mol. The number of thioether (sulfide) groups is 1. The van der Waals surface area contributed by atoms with Crippen LogP contribution in [0.25, 0.3) is 0 Å². The minimum absolute atomic E-state index is 0.521. The topological polar surface area (TPSA) is 26.0 Å². The lowest BCUT2D eigenvalue weighted by atomic mass is 10.0. The highest BCUT2D eigenvalue weighted by Gasteiger charge is 2.22. The molecule has 0 aliphatic heterocycles. The van der Waals surface area contributed by atoms with Gasteiger partial charge >= 0.3 is 0 Å². The maximum absolute atomic E-state index is 5.98. The van der Waals surface area contributed by atoms with Crippen LogP contribution in [0.2, 0.25) is 0 Å². The maximum atomic E-state index is 5.98. The minimum Gasteiger partial charge on any atom is -0.327 e. The molecule has 1 fully saturated rings. The van der Waals surface area contributed by atoms with E-state index in [4.69, 9.17) is 5.73 Å². The molecular formula is C10H21NS. The lowest BCUT2D eigenvalue weighted by Gasteiger charge is -2.14. The zero-order chi connectivity index (χ0) is 8.81. The van der Waals surface area contributed by atoms with E-state index in [0.717, 1.165) is 5.92 Å². The van der Waals surface area contributed by atoms with E-state index < -0.39 is 0 Å². The van der Waals surface area contributed by atoms with Crippen LogP contribution in [0, 0.1) is 5.92 Å². The molecule has 0 heterocycles. The van der Waals surface area contributed by atoms with Gasteiger partial charge in [-0.05, 0) is 43.1 Å². The summed E-state index contributed by atoms with van der Waals surface area (Å²) in [5.41, 5.74) is 5.98. The Hall–Kier alpha value is 0.310. The molecule has 1 aliphatic rings. The number of rotatable bonds is 5. The van der Waals surface area contributed by atoms with Crippen molar-refractivity contribution in [2.75, 3.05) is 11.5 Å². The van der Waals surface area contributed by atoms with Crippen molar-refractivity contribution >= 4 is 11.8 Å². The summed E-state index contributed by atoms with van der Waals surface area (Å²) in [6, 6.07) is 0.521. The molecule has 72 valence electrons. The molecular weight excluding hydrogens is 166 g/mol. The Labute approximate surface area is 80.5 Å². The molecule has 2 N–H and O–H groups in total. The van der Waals surface area contributed by atoms with E-state index in [1.54, 1.807) is 0 Å². The molecule has 0 spiro atoms. The predicted octanol–water partition coefficient (Wildman–Crippen LogP) is 2.65. The van der Waals surface area contributed by atoms with Gasteiger partial charge in [0, 0.05) is 6.04 Å². The van der Waals surface area contributed by atoms with E-state index >= 15 is 0 Å².